The molecule has 1 aliphatic heterocycles. The van der Waals surface area contributed by atoms with Gasteiger partial charge in [-0.1, -0.05) is 19.4 Å². The first kappa shape index (κ1) is 14.8. The summed E-state index contributed by atoms with van der Waals surface area (Å²) in [5, 5.41) is 21.5. The third-order valence-corrected chi connectivity index (χ3v) is 6.37. The number of rotatable bonds is 3. The van der Waals surface area contributed by atoms with E-state index in [0.29, 0.717) is 11.0 Å². The molecule has 19 heavy (non-hydrogen) atoms. The van der Waals surface area contributed by atoms with E-state index in [0.717, 1.165) is 17.6 Å². The van der Waals surface area contributed by atoms with Crippen LogP contribution in [0.3, 0.4) is 0 Å². The van der Waals surface area contributed by atoms with Gasteiger partial charge in [0.25, 0.3) is 0 Å². The number of thioether (sulfide) groups is 1. The molecule has 1 saturated heterocycles. The summed E-state index contributed by atoms with van der Waals surface area (Å²) in [4.78, 5) is -0.279. The lowest BCUT2D eigenvalue weighted by Gasteiger charge is -2.37. The van der Waals surface area contributed by atoms with E-state index in [9.17, 15) is 10.2 Å². The minimum absolute atomic E-state index is 0.0943. The summed E-state index contributed by atoms with van der Waals surface area (Å²) in [5.41, 5.74) is 0.667. The normalized spacial score (nSPS) is 42.7. The molecule has 0 radical (unpaired) electrons. The van der Waals surface area contributed by atoms with Crippen molar-refractivity contribution in [2.75, 3.05) is 0 Å². The largest absolute Gasteiger partial charge is 0.508 e. The minimum Gasteiger partial charge on any atom is -0.508 e. The van der Waals surface area contributed by atoms with Gasteiger partial charge in [0, 0.05) is 5.92 Å². The molecule has 108 valence electrons. The first-order valence-corrected chi connectivity index (χ1v) is 7.76. The molecule has 4 unspecified atom stereocenters. The smallest absolute Gasteiger partial charge is 0.172 e. The molecule has 4 atom stereocenters. The summed E-state index contributed by atoms with van der Waals surface area (Å²) in [6, 6.07) is 0. The van der Waals surface area contributed by atoms with Gasteiger partial charge in [-0.05, 0) is 39.7 Å². The van der Waals surface area contributed by atoms with Crippen LogP contribution in [0.15, 0.2) is 22.7 Å². The van der Waals surface area contributed by atoms with E-state index in [1.807, 2.05) is 20.8 Å². The van der Waals surface area contributed by atoms with Crippen LogP contribution in [-0.4, -0.2) is 26.0 Å². The Morgan fingerprint density at radius 1 is 1.32 bits per heavy atom. The molecule has 1 fully saturated rings. The number of hydrogen-bond acceptors (Lipinski definition) is 4. The van der Waals surface area contributed by atoms with E-state index in [4.69, 9.17) is 4.74 Å². The summed E-state index contributed by atoms with van der Waals surface area (Å²) < 4.78 is 6.08. The number of allylic oxidation sites excluding steroid dienone is 1. The Bertz CT molecular complexity index is 460. The number of aliphatic hydroxyl groups is 2. The topological polar surface area (TPSA) is 49.7 Å². The van der Waals surface area contributed by atoms with Crippen molar-refractivity contribution in [1.29, 1.82) is 0 Å². The zero-order chi connectivity index (χ0) is 14.6. The molecule has 2 rings (SSSR count). The second-order valence-electron chi connectivity index (χ2n) is 5.84. The molecule has 3 nitrogen and oxygen atoms in total. The maximum absolute atomic E-state index is 10.7. The fraction of sp³-hybridized carbons (Fsp3) is 0.733. The fourth-order valence-electron chi connectivity index (χ4n) is 2.67. The summed E-state index contributed by atoms with van der Waals surface area (Å²) in [5.74, 6) is 0.408. The molecule has 0 saturated carbocycles. The predicted molar refractivity (Wildman–Crippen MR) is 79.0 cm³/mol. The fourth-order valence-corrected chi connectivity index (χ4v) is 3.71. The highest BCUT2D eigenvalue weighted by atomic mass is 32.2. The van der Waals surface area contributed by atoms with Gasteiger partial charge < -0.3 is 14.9 Å². The van der Waals surface area contributed by atoms with Crippen molar-refractivity contribution in [2.45, 2.75) is 63.7 Å². The maximum atomic E-state index is 10.7. The molecule has 1 heterocycles. The summed E-state index contributed by atoms with van der Waals surface area (Å²) in [7, 11) is 0. The molecule has 0 spiro atoms. The van der Waals surface area contributed by atoms with E-state index in [-0.39, 0.29) is 16.6 Å². The molecule has 4 heteroatoms. The standard InChI is InChI=1S/C15H24O3S/c1-7-15(11(5)19-15)18-13-12(16)9(3)8(2)10(4)14(13,6)17/h9,11,16-17H,7H2,1-6H3. The first-order valence-electron chi connectivity index (χ1n) is 6.88. The molecular weight excluding hydrogens is 260 g/mol. The van der Waals surface area contributed by atoms with Crippen molar-refractivity contribution in [1.82, 2.24) is 0 Å². The van der Waals surface area contributed by atoms with Gasteiger partial charge in [0.05, 0.1) is 5.25 Å². The second kappa shape index (κ2) is 4.45. The van der Waals surface area contributed by atoms with Crippen LogP contribution in [-0.2, 0) is 4.74 Å². The lowest BCUT2D eigenvalue weighted by atomic mass is 9.79. The van der Waals surface area contributed by atoms with Crippen molar-refractivity contribution in [3.05, 3.63) is 22.7 Å². The van der Waals surface area contributed by atoms with Gasteiger partial charge in [0.2, 0.25) is 0 Å². The molecule has 0 bridgehead atoms. The first-order chi connectivity index (χ1) is 8.67. The SMILES string of the molecule is CCC1(OC2=C(O)C(C)C(C)=C(C)C2(C)O)SC1C. The third kappa shape index (κ3) is 2.09. The Hall–Kier alpha value is -0.610. The quantitative estimate of drug-likeness (QED) is 0.612. The van der Waals surface area contributed by atoms with Crippen LogP contribution < -0.4 is 0 Å². The second-order valence-corrected chi connectivity index (χ2v) is 7.48. The number of hydrogen-bond donors (Lipinski definition) is 2. The van der Waals surface area contributed by atoms with Gasteiger partial charge in [-0.25, -0.2) is 0 Å². The van der Waals surface area contributed by atoms with E-state index < -0.39 is 5.60 Å². The van der Waals surface area contributed by atoms with Crippen molar-refractivity contribution < 1.29 is 14.9 Å². The lowest BCUT2D eigenvalue weighted by molar-refractivity contribution is -0.00164. The van der Waals surface area contributed by atoms with E-state index in [2.05, 4.69) is 13.8 Å². The maximum Gasteiger partial charge on any atom is 0.172 e. The van der Waals surface area contributed by atoms with Crippen LogP contribution in [0.25, 0.3) is 0 Å². The van der Waals surface area contributed by atoms with Crippen LogP contribution in [0.2, 0.25) is 0 Å². The Balaban J connectivity index is 2.38. The van der Waals surface area contributed by atoms with Crippen molar-refractivity contribution in [3.8, 4) is 0 Å². The van der Waals surface area contributed by atoms with Gasteiger partial charge in [-0.2, -0.15) is 0 Å². The van der Waals surface area contributed by atoms with Crippen LogP contribution in [0, 0.1) is 5.92 Å². The number of ether oxygens (including phenoxy) is 1. The molecule has 2 N–H and O–H groups in total. The average Bonchev–Trinajstić information content (AvgIpc) is 3.02. The molecule has 1 aliphatic carbocycles. The van der Waals surface area contributed by atoms with Gasteiger partial charge in [0.15, 0.2) is 10.7 Å². The highest BCUT2D eigenvalue weighted by Gasteiger charge is 2.57. The number of aliphatic hydroxyl groups excluding tert-OH is 1. The zero-order valence-corrected chi connectivity index (χ0v) is 13.4. The van der Waals surface area contributed by atoms with Gasteiger partial charge >= 0.3 is 0 Å². The third-order valence-electron chi connectivity index (χ3n) is 4.76. The lowest BCUT2D eigenvalue weighted by Crippen LogP contribution is -2.39. The van der Waals surface area contributed by atoms with Crippen molar-refractivity contribution in [2.24, 2.45) is 5.92 Å². The molecule has 0 aromatic carbocycles. The molecule has 0 amide bonds. The zero-order valence-electron chi connectivity index (χ0n) is 12.6. The van der Waals surface area contributed by atoms with Gasteiger partial charge in [-0.3, -0.25) is 0 Å². The minimum atomic E-state index is -1.22. The highest BCUT2D eigenvalue weighted by Crippen LogP contribution is 2.59. The summed E-state index contributed by atoms with van der Waals surface area (Å²) in [6.07, 6.45) is 0.863. The Labute approximate surface area is 119 Å². The van der Waals surface area contributed by atoms with Gasteiger partial charge in [0.1, 0.15) is 11.4 Å². The van der Waals surface area contributed by atoms with E-state index in [1.54, 1.807) is 18.7 Å². The van der Waals surface area contributed by atoms with Gasteiger partial charge in [-0.15, -0.1) is 11.8 Å². The Morgan fingerprint density at radius 2 is 1.84 bits per heavy atom. The summed E-state index contributed by atoms with van der Waals surface area (Å²) >= 11 is 1.74. The van der Waals surface area contributed by atoms with Crippen LogP contribution >= 0.6 is 11.8 Å². The van der Waals surface area contributed by atoms with Crippen LogP contribution in [0.1, 0.15) is 48.0 Å². The van der Waals surface area contributed by atoms with Crippen LogP contribution in [0.4, 0.5) is 0 Å². The molecule has 0 aromatic heterocycles. The van der Waals surface area contributed by atoms with E-state index in [1.165, 1.54) is 0 Å². The highest BCUT2D eigenvalue weighted by molar-refractivity contribution is 8.08. The molecule has 2 aliphatic rings. The molecular formula is C15H24O3S. The predicted octanol–water partition coefficient (Wildman–Crippen LogP) is 3.75. The summed E-state index contributed by atoms with van der Waals surface area (Å²) in [6.45, 7) is 11.7. The van der Waals surface area contributed by atoms with Crippen molar-refractivity contribution in [3.63, 3.8) is 0 Å². The van der Waals surface area contributed by atoms with Crippen molar-refractivity contribution >= 4 is 11.8 Å². The average molecular weight is 284 g/mol. The van der Waals surface area contributed by atoms with E-state index >= 15 is 0 Å². The Kier molecular flexibility index (Phi) is 3.47. The monoisotopic (exact) mass is 284 g/mol. The molecule has 0 aromatic rings. The Morgan fingerprint density at radius 3 is 2.26 bits per heavy atom. The van der Waals surface area contributed by atoms with Crippen LogP contribution in [0.5, 0.6) is 0 Å².